The lowest BCUT2D eigenvalue weighted by molar-refractivity contribution is 0.0689. The average Bonchev–Trinajstić information content (AvgIpc) is 2.01. The predicted molar refractivity (Wildman–Crippen MR) is 43.7 cm³/mol. The number of carboxylic acid groups (broad SMARTS) is 2. The summed E-state index contributed by atoms with van der Waals surface area (Å²) in [5.41, 5.74) is -0.574. The molecule has 0 aliphatic carbocycles. The van der Waals surface area contributed by atoms with Crippen LogP contribution in [-0.2, 0) is 0 Å². The van der Waals surface area contributed by atoms with E-state index >= 15 is 0 Å². The highest BCUT2D eigenvalue weighted by Crippen LogP contribution is 2.27. The zero-order valence-electron chi connectivity index (χ0n) is 6.80. The number of benzene rings is 1. The zero-order valence-corrected chi connectivity index (χ0v) is 6.80. The Labute approximate surface area is 78.0 Å². The zero-order chi connectivity index (χ0) is 10.7. The maximum absolute atomic E-state index is 10.6. The monoisotopic (exact) mass is 198 g/mol. The molecule has 0 fully saturated rings. The van der Waals surface area contributed by atoms with E-state index < -0.39 is 29.2 Å². The molecule has 0 atom stereocenters. The van der Waals surface area contributed by atoms with Gasteiger partial charge in [-0.2, -0.15) is 0 Å². The van der Waals surface area contributed by atoms with Crippen molar-refractivity contribution in [3.8, 4) is 11.5 Å². The van der Waals surface area contributed by atoms with Crippen LogP contribution in [0.2, 0.25) is 0 Å². The summed E-state index contributed by atoms with van der Waals surface area (Å²) in [4.78, 5) is 20.7. The van der Waals surface area contributed by atoms with Crippen molar-refractivity contribution in [1.29, 1.82) is 0 Å². The van der Waals surface area contributed by atoms with Crippen molar-refractivity contribution < 1.29 is 29.6 Å². The molecule has 0 unspecified atom stereocenters. The van der Waals surface area contributed by atoms with E-state index in [9.17, 15) is 9.59 Å². The minimum atomic E-state index is -1.64. The largest absolute Gasteiger partial charge is 0.511 e. The Hall–Kier alpha value is -2.24. The van der Waals surface area contributed by atoms with Crippen LogP contribution in [0.1, 0.15) is 10.4 Å². The summed E-state index contributed by atoms with van der Waals surface area (Å²) in [6, 6.07) is 3.54. The average molecular weight is 198 g/mol. The Kier molecular flexibility index (Phi) is 2.57. The molecule has 0 radical (unpaired) electrons. The first-order valence-corrected chi connectivity index (χ1v) is 3.48. The van der Waals surface area contributed by atoms with E-state index in [2.05, 4.69) is 4.74 Å². The van der Waals surface area contributed by atoms with Gasteiger partial charge in [0, 0.05) is 0 Å². The van der Waals surface area contributed by atoms with E-state index in [1.54, 1.807) is 0 Å². The molecule has 1 aromatic rings. The second-order valence-corrected chi connectivity index (χ2v) is 2.32. The molecule has 0 aromatic heterocycles. The molecule has 0 aliphatic rings. The van der Waals surface area contributed by atoms with Gasteiger partial charge in [0.1, 0.15) is 11.3 Å². The maximum Gasteiger partial charge on any atom is 0.511 e. The predicted octanol–water partition coefficient (Wildman–Crippen LogP) is 1.15. The maximum atomic E-state index is 10.6. The van der Waals surface area contributed by atoms with Gasteiger partial charge in [-0.1, -0.05) is 6.07 Å². The van der Waals surface area contributed by atoms with Crippen molar-refractivity contribution >= 4 is 12.1 Å². The second kappa shape index (κ2) is 3.65. The van der Waals surface area contributed by atoms with E-state index in [-0.39, 0.29) is 0 Å². The number of aromatic carboxylic acids is 1. The molecule has 1 aromatic carbocycles. The molecule has 6 nitrogen and oxygen atoms in total. The Balaban J connectivity index is 3.21. The van der Waals surface area contributed by atoms with Crippen LogP contribution < -0.4 is 4.74 Å². The number of aromatic hydroxyl groups is 1. The Bertz CT molecular complexity index is 383. The lowest BCUT2D eigenvalue weighted by atomic mass is 10.2. The third-order valence-corrected chi connectivity index (χ3v) is 1.42. The minimum absolute atomic E-state index is 0.412. The standard InChI is InChI=1S/C8H6O6/c9-4-2-1-3-5(14-8(12)13)6(4)7(10)11/h1-3,9H,(H,10,11)(H,12,13). The minimum Gasteiger partial charge on any atom is -0.507 e. The smallest absolute Gasteiger partial charge is 0.507 e. The molecule has 0 spiro atoms. The second-order valence-electron chi connectivity index (χ2n) is 2.32. The number of carboxylic acids is 1. The van der Waals surface area contributed by atoms with Gasteiger partial charge in [-0.05, 0) is 12.1 Å². The van der Waals surface area contributed by atoms with Gasteiger partial charge in [0.2, 0.25) is 0 Å². The Morgan fingerprint density at radius 1 is 1.21 bits per heavy atom. The summed E-state index contributed by atoms with van der Waals surface area (Å²) in [5, 5.41) is 26.0. The molecule has 14 heavy (non-hydrogen) atoms. The van der Waals surface area contributed by atoms with E-state index in [4.69, 9.17) is 15.3 Å². The number of carbonyl (C=O) groups is 2. The molecule has 0 amide bonds. The third kappa shape index (κ3) is 1.92. The fourth-order valence-electron chi connectivity index (χ4n) is 0.914. The van der Waals surface area contributed by atoms with Gasteiger partial charge < -0.3 is 20.1 Å². The van der Waals surface area contributed by atoms with Crippen molar-refractivity contribution in [3.05, 3.63) is 23.8 Å². The molecule has 0 aliphatic heterocycles. The van der Waals surface area contributed by atoms with Crippen LogP contribution in [0.5, 0.6) is 11.5 Å². The molecular weight excluding hydrogens is 192 g/mol. The lowest BCUT2D eigenvalue weighted by Gasteiger charge is -2.05. The highest BCUT2D eigenvalue weighted by atomic mass is 16.7. The van der Waals surface area contributed by atoms with Gasteiger partial charge in [-0.25, -0.2) is 9.59 Å². The first-order chi connectivity index (χ1) is 6.52. The third-order valence-electron chi connectivity index (χ3n) is 1.42. The summed E-state index contributed by atoms with van der Waals surface area (Å²) in [6.07, 6.45) is -1.64. The number of hydrogen-bond donors (Lipinski definition) is 3. The van der Waals surface area contributed by atoms with Gasteiger partial charge in [0.15, 0.2) is 5.75 Å². The SMILES string of the molecule is O=C(O)Oc1cccc(O)c1C(=O)O. The van der Waals surface area contributed by atoms with Crippen LogP contribution in [0.4, 0.5) is 4.79 Å². The van der Waals surface area contributed by atoms with Crippen molar-refractivity contribution in [1.82, 2.24) is 0 Å². The van der Waals surface area contributed by atoms with Crippen molar-refractivity contribution in [3.63, 3.8) is 0 Å². The topological polar surface area (TPSA) is 104 Å². The molecule has 0 heterocycles. The first kappa shape index (κ1) is 9.85. The summed E-state index contributed by atoms with van der Waals surface area (Å²) < 4.78 is 4.16. The molecule has 1 rings (SSSR count). The summed E-state index contributed by atoms with van der Waals surface area (Å²) in [7, 11) is 0. The summed E-state index contributed by atoms with van der Waals surface area (Å²) in [6.45, 7) is 0. The van der Waals surface area contributed by atoms with Gasteiger partial charge >= 0.3 is 12.1 Å². The summed E-state index contributed by atoms with van der Waals surface area (Å²) >= 11 is 0. The van der Waals surface area contributed by atoms with Gasteiger partial charge in [-0.3, -0.25) is 0 Å². The first-order valence-electron chi connectivity index (χ1n) is 3.48. The van der Waals surface area contributed by atoms with Crippen LogP contribution in [0.3, 0.4) is 0 Å². The number of hydrogen-bond acceptors (Lipinski definition) is 4. The molecule has 6 heteroatoms. The number of ether oxygens (including phenoxy) is 1. The van der Waals surface area contributed by atoms with Crippen molar-refractivity contribution in [2.24, 2.45) is 0 Å². The van der Waals surface area contributed by atoms with E-state index in [0.717, 1.165) is 12.1 Å². The van der Waals surface area contributed by atoms with Crippen LogP contribution >= 0.6 is 0 Å². The fraction of sp³-hybridized carbons (Fsp3) is 0. The molecular formula is C8H6O6. The van der Waals surface area contributed by atoms with E-state index in [1.807, 2.05) is 0 Å². The normalized spacial score (nSPS) is 9.43. The van der Waals surface area contributed by atoms with Crippen molar-refractivity contribution in [2.75, 3.05) is 0 Å². The van der Waals surface area contributed by atoms with Gasteiger partial charge in [0.25, 0.3) is 0 Å². The van der Waals surface area contributed by atoms with Gasteiger partial charge in [-0.15, -0.1) is 0 Å². The van der Waals surface area contributed by atoms with Crippen molar-refractivity contribution in [2.45, 2.75) is 0 Å². The molecule has 0 bridgehead atoms. The van der Waals surface area contributed by atoms with E-state index in [0.29, 0.717) is 0 Å². The molecule has 0 saturated heterocycles. The quantitative estimate of drug-likeness (QED) is 0.486. The Morgan fingerprint density at radius 3 is 2.36 bits per heavy atom. The van der Waals surface area contributed by atoms with Crippen LogP contribution in [0, 0.1) is 0 Å². The van der Waals surface area contributed by atoms with Gasteiger partial charge in [0.05, 0.1) is 0 Å². The van der Waals surface area contributed by atoms with Crippen LogP contribution in [0.25, 0.3) is 0 Å². The highest BCUT2D eigenvalue weighted by Gasteiger charge is 2.18. The highest BCUT2D eigenvalue weighted by molar-refractivity contribution is 5.94. The molecule has 0 saturated carbocycles. The van der Waals surface area contributed by atoms with Crippen LogP contribution in [-0.4, -0.2) is 27.4 Å². The number of phenols is 1. The Morgan fingerprint density at radius 2 is 1.86 bits per heavy atom. The van der Waals surface area contributed by atoms with Crippen LogP contribution in [0.15, 0.2) is 18.2 Å². The summed E-state index contributed by atoms with van der Waals surface area (Å²) in [5.74, 6) is -2.42. The number of rotatable bonds is 2. The molecule has 74 valence electrons. The fourth-order valence-corrected chi connectivity index (χ4v) is 0.914. The lowest BCUT2D eigenvalue weighted by Crippen LogP contribution is -2.08. The molecule has 3 N–H and O–H groups in total. The van der Waals surface area contributed by atoms with E-state index in [1.165, 1.54) is 6.07 Å².